The standard InChI is InChI=1S/C18H17NO5S/c1-23-17-8-4-3-6-14(17)7-5-13-19-25(21,22)16-11-9-15(10-12-16)18(20)24-2/h3-4,6,8-12,19H,13H2,1-2H3. The first-order chi connectivity index (χ1) is 12.0. The van der Waals surface area contributed by atoms with Crippen LogP contribution < -0.4 is 9.46 Å². The smallest absolute Gasteiger partial charge is 0.337 e. The average Bonchev–Trinajstić information content (AvgIpc) is 2.65. The zero-order valence-corrected chi connectivity index (χ0v) is 14.6. The highest BCUT2D eigenvalue weighted by molar-refractivity contribution is 7.89. The number of methoxy groups -OCH3 is 2. The van der Waals surface area contributed by atoms with Gasteiger partial charge in [-0.05, 0) is 36.4 Å². The Hall–Kier alpha value is -2.82. The molecule has 0 aromatic heterocycles. The highest BCUT2D eigenvalue weighted by Crippen LogP contribution is 2.15. The summed E-state index contributed by atoms with van der Waals surface area (Å²) in [5.41, 5.74) is 0.948. The van der Waals surface area contributed by atoms with Crippen LogP contribution in [0.5, 0.6) is 5.75 Å². The Morgan fingerprint density at radius 3 is 2.40 bits per heavy atom. The van der Waals surface area contributed by atoms with E-state index in [2.05, 4.69) is 21.3 Å². The lowest BCUT2D eigenvalue weighted by atomic mass is 10.2. The van der Waals surface area contributed by atoms with E-state index < -0.39 is 16.0 Å². The fourth-order valence-electron chi connectivity index (χ4n) is 1.99. The van der Waals surface area contributed by atoms with E-state index in [1.165, 1.54) is 31.4 Å². The number of carbonyl (C=O) groups is 1. The van der Waals surface area contributed by atoms with Crippen LogP contribution in [0.25, 0.3) is 0 Å². The second-order valence-electron chi connectivity index (χ2n) is 4.84. The Bertz CT molecular complexity index is 908. The number of hydrogen-bond acceptors (Lipinski definition) is 5. The van der Waals surface area contributed by atoms with Gasteiger partial charge in [-0.1, -0.05) is 24.0 Å². The van der Waals surface area contributed by atoms with Crippen molar-refractivity contribution < 1.29 is 22.7 Å². The molecule has 0 aliphatic carbocycles. The molecule has 0 amide bonds. The molecule has 0 saturated carbocycles. The molecule has 0 heterocycles. The van der Waals surface area contributed by atoms with E-state index >= 15 is 0 Å². The van der Waals surface area contributed by atoms with Gasteiger partial charge in [0.2, 0.25) is 10.0 Å². The van der Waals surface area contributed by atoms with Gasteiger partial charge in [-0.15, -0.1) is 0 Å². The predicted molar refractivity (Wildman–Crippen MR) is 92.8 cm³/mol. The highest BCUT2D eigenvalue weighted by Gasteiger charge is 2.14. The number of esters is 1. The van der Waals surface area contributed by atoms with E-state index in [9.17, 15) is 13.2 Å². The van der Waals surface area contributed by atoms with Gasteiger partial charge in [-0.2, -0.15) is 4.72 Å². The molecule has 7 heteroatoms. The number of rotatable bonds is 5. The molecule has 0 aliphatic rings. The van der Waals surface area contributed by atoms with Gasteiger partial charge in [0, 0.05) is 0 Å². The van der Waals surface area contributed by atoms with Crippen molar-refractivity contribution in [3.8, 4) is 17.6 Å². The summed E-state index contributed by atoms with van der Waals surface area (Å²) in [5, 5.41) is 0. The molecule has 0 fully saturated rings. The van der Waals surface area contributed by atoms with Crippen LogP contribution >= 0.6 is 0 Å². The van der Waals surface area contributed by atoms with Crippen molar-refractivity contribution in [3.05, 3.63) is 59.7 Å². The molecule has 0 unspecified atom stereocenters. The van der Waals surface area contributed by atoms with E-state index in [0.717, 1.165) is 0 Å². The van der Waals surface area contributed by atoms with Crippen LogP contribution in [0.2, 0.25) is 0 Å². The Morgan fingerprint density at radius 2 is 1.76 bits per heavy atom. The third-order valence-electron chi connectivity index (χ3n) is 3.27. The van der Waals surface area contributed by atoms with Crippen molar-refractivity contribution in [2.75, 3.05) is 20.8 Å². The molecule has 0 spiro atoms. The van der Waals surface area contributed by atoms with E-state index in [4.69, 9.17) is 4.74 Å². The Kier molecular flexibility index (Phi) is 6.17. The van der Waals surface area contributed by atoms with Crippen molar-refractivity contribution in [3.63, 3.8) is 0 Å². The molecule has 0 atom stereocenters. The number of benzene rings is 2. The second kappa shape index (κ2) is 8.33. The third-order valence-corrected chi connectivity index (χ3v) is 4.68. The number of para-hydroxylation sites is 1. The molecular weight excluding hydrogens is 342 g/mol. The molecule has 2 aromatic carbocycles. The second-order valence-corrected chi connectivity index (χ2v) is 6.61. The van der Waals surface area contributed by atoms with Crippen molar-refractivity contribution in [1.82, 2.24) is 4.72 Å². The van der Waals surface area contributed by atoms with Crippen LogP contribution in [-0.2, 0) is 14.8 Å². The summed E-state index contributed by atoms with van der Waals surface area (Å²) in [7, 11) is -0.914. The fourth-order valence-corrected chi connectivity index (χ4v) is 2.91. The van der Waals surface area contributed by atoms with E-state index in [-0.39, 0.29) is 17.0 Å². The average molecular weight is 359 g/mol. The minimum absolute atomic E-state index is 0.0410. The van der Waals surface area contributed by atoms with E-state index in [1.807, 2.05) is 12.1 Å². The van der Waals surface area contributed by atoms with Crippen LogP contribution in [0, 0.1) is 11.8 Å². The summed E-state index contributed by atoms with van der Waals surface area (Å²) in [5.74, 6) is 5.70. The molecule has 130 valence electrons. The summed E-state index contributed by atoms with van der Waals surface area (Å²) < 4.78 is 36.5. The molecule has 2 rings (SSSR count). The van der Waals surface area contributed by atoms with Crippen molar-refractivity contribution in [2.45, 2.75) is 4.90 Å². The summed E-state index contributed by atoms with van der Waals surface area (Å²) in [6.07, 6.45) is 0. The Balaban J connectivity index is 2.05. The lowest BCUT2D eigenvalue weighted by Gasteiger charge is -2.05. The normalized spacial score (nSPS) is 10.5. The van der Waals surface area contributed by atoms with Crippen LogP contribution in [-0.4, -0.2) is 35.2 Å². The molecule has 0 bridgehead atoms. The van der Waals surface area contributed by atoms with Crippen LogP contribution in [0.1, 0.15) is 15.9 Å². The third kappa shape index (κ3) is 4.83. The first-order valence-corrected chi connectivity index (χ1v) is 8.76. The van der Waals surface area contributed by atoms with Crippen LogP contribution in [0.15, 0.2) is 53.4 Å². The van der Waals surface area contributed by atoms with E-state index in [1.54, 1.807) is 19.2 Å². The topological polar surface area (TPSA) is 81.7 Å². The van der Waals surface area contributed by atoms with Crippen molar-refractivity contribution in [1.29, 1.82) is 0 Å². The zero-order chi connectivity index (χ0) is 18.3. The maximum absolute atomic E-state index is 12.2. The first kappa shape index (κ1) is 18.5. The largest absolute Gasteiger partial charge is 0.495 e. The molecular formula is C18H17NO5S. The molecule has 0 radical (unpaired) electrons. The van der Waals surface area contributed by atoms with Crippen molar-refractivity contribution in [2.24, 2.45) is 0 Å². The summed E-state index contributed by atoms with van der Waals surface area (Å²) >= 11 is 0. The zero-order valence-electron chi connectivity index (χ0n) is 13.8. The molecule has 6 nitrogen and oxygen atoms in total. The maximum Gasteiger partial charge on any atom is 0.337 e. The summed E-state index contributed by atoms with van der Waals surface area (Å²) in [4.78, 5) is 11.4. The van der Waals surface area contributed by atoms with Crippen LogP contribution in [0.4, 0.5) is 0 Å². The van der Waals surface area contributed by atoms with Gasteiger partial charge in [-0.3, -0.25) is 0 Å². The molecule has 2 aromatic rings. The number of sulfonamides is 1. The van der Waals surface area contributed by atoms with Gasteiger partial charge in [0.25, 0.3) is 0 Å². The fraction of sp³-hybridized carbons (Fsp3) is 0.167. The first-order valence-electron chi connectivity index (χ1n) is 7.28. The van der Waals surface area contributed by atoms with Gasteiger partial charge < -0.3 is 9.47 Å². The molecule has 1 N–H and O–H groups in total. The lowest BCUT2D eigenvalue weighted by molar-refractivity contribution is 0.0600. The minimum Gasteiger partial charge on any atom is -0.495 e. The number of hydrogen-bond donors (Lipinski definition) is 1. The SMILES string of the molecule is COC(=O)c1ccc(S(=O)(=O)NCC#Cc2ccccc2OC)cc1. The van der Waals surface area contributed by atoms with Crippen LogP contribution in [0.3, 0.4) is 0 Å². The summed E-state index contributed by atoms with van der Waals surface area (Å²) in [6.45, 7) is -0.0564. The molecule has 25 heavy (non-hydrogen) atoms. The quantitative estimate of drug-likeness (QED) is 0.650. The molecule has 0 aliphatic heterocycles. The predicted octanol–water partition coefficient (Wildman–Crippen LogP) is 1.81. The molecule has 0 saturated heterocycles. The monoisotopic (exact) mass is 359 g/mol. The number of nitrogens with one attached hydrogen (secondary N) is 1. The van der Waals surface area contributed by atoms with Crippen molar-refractivity contribution >= 4 is 16.0 Å². The summed E-state index contributed by atoms with van der Waals surface area (Å²) in [6, 6.07) is 12.7. The van der Waals surface area contributed by atoms with E-state index in [0.29, 0.717) is 11.3 Å². The number of ether oxygens (including phenoxy) is 2. The maximum atomic E-state index is 12.2. The highest BCUT2D eigenvalue weighted by atomic mass is 32.2. The number of carbonyl (C=O) groups excluding carboxylic acids is 1. The minimum atomic E-state index is -3.72. The van der Waals surface area contributed by atoms with Gasteiger partial charge in [0.05, 0.1) is 36.8 Å². The van der Waals surface area contributed by atoms with Gasteiger partial charge in [0.15, 0.2) is 0 Å². The van der Waals surface area contributed by atoms with Gasteiger partial charge in [0.1, 0.15) is 5.75 Å². The van der Waals surface area contributed by atoms with Gasteiger partial charge in [-0.25, -0.2) is 13.2 Å². The Morgan fingerprint density at radius 1 is 1.08 bits per heavy atom. The Labute approximate surface area is 146 Å². The van der Waals surface area contributed by atoms with Gasteiger partial charge >= 0.3 is 5.97 Å². The lowest BCUT2D eigenvalue weighted by Crippen LogP contribution is -2.24.